The second kappa shape index (κ2) is 9.78. The smallest absolute Gasteiger partial charge is 0.380 e. The van der Waals surface area contributed by atoms with E-state index in [1.165, 1.54) is 18.3 Å². The molecule has 1 unspecified atom stereocenters. The largest absolute Gasteiger partial charge is 0.414 e. The number of sulfone groups is 1. The maximum absolute atomic E-state index is 14.0. The van der Waals surface area contributed by atoms with Gasteiger partial charge in [-0.15, -0.1) is 0 Å². The molecule has 35 heavy (non-hydrogen) atoms. The van der Waals surface area contributed by atoms with Crippen molar-refractivity contribution in [2.45, 2.75) is 43.9 Å². The highest BCUT2D eigenvalue weighted by Gasteiger charge is 2.47. The number of amides is 1. The summed E-state index contributed by atoms with van der Waals surface area (Å²) in [6.07, 6.45) is -2.09. The lowest BCUT2D eigenvalue weighted by Crippen LogP contribution is -2.44. The first-order chi connectivity index (χ1) is 16.3. The minimum absolute atomic E-state index is 0.0149. The van der Waals surface area contributed by atoms with E-state index in [1.807, 2.05) is 6.07 Å². The number of aromatic nitrogens is 1. The number of hydrogen-bond acceptors (Lipinski definition) is 5. The molecule has 0 bridgehead atoms. The number of nitrogens with one attached hydrogen (secondary N) is 1. The summed E-state index contributed by atoms with van der Waals surface area (Å²) in [7, 11) is -2.15. The summed E-state index contributed by atoms with van der Waals surface area (Å²) in [4.78, 5) is 17.5. The first kappa shape index (κ1) is 26.0. The highest BCUT2D eigenvalue weighted by Crippen LogP contribution is 2.38. The molecular weight excluding hydrogens is 526 g/mol. The molecule has 0 saturated carbocycles. The Bertz CT molecular complexity index is 1210. The average molecular weight is 550 g/mol. The van der Waals surface area contributed by atoms with Crippen LogP contribution in [-0.2, 0) is 27.5 Å². The second-order valence-corrected chi connectivity index (χ2v) is 12.2. The molecule has 0 spiro atoms. The molecule has 1 saturated heterocycles. The van der Waals surface area contributed by atoms with Gasteiger partial charge < -0.3 is 10.2 Å². The van der Waals surface area contributed by atoms with Gasteiger partial charge >= 0.3 is 6.18 Å². The molecule has 2 heterocycles. The zero-order chi connectivity index (χ0) is 25.5. The minimum atomic E-state index is -4.75. The van der Waals surface area contributed by atoms with Crippen LogP contribution in [-0.4, -0.2) is 55.0 Å². The van der Waals surface area contributed by atoms with Crippen molar-refractivity contribution in [1.29, 1.82) is 0 Å². The van der Waals surface area contributed by atoms with Gasteiger partial charge in [0, 0.05) is 29.1 Å². The van der Waals surface area contributed by atoms with Crippen LogP contribution in [0.3, 0.4) is 0 Å². The van der Waals surface area contributed by atoms with Crippen LogP contribution in [0.2, 0.25) is 10.0 Å². The van der Waals surface area contributed by atoms with E-state index in [9.17, 15) is 26.4 Å². The first-order valence-corrected chi connectivity index (χ1v) is 13.6. The molecule has 1 aliphatic carbocycles. The van der Waals surface area contributed by atoms with Gasteiger partial charge in [-0.3, -0.25) is 9.78 Å². The van der Waals surface area contributed by atoms with Crippen LogP contribution in [0.15, 0.2) is 30.5 Å². The monoisotopic (exact) mass is 549 g/mol. The lowest BCUT2D eigenvalue weighted by atomic mass is 9.99. The number of carbonyl (C=O) groups excluding carboxylic acids is 1. The van der Waals surface area contributed by atoms with Gasteiger partial charge in [0.15, 0.2) is 6.04 Å². The van der Waals surface area contributed by atoms with Crippen molar-refractivity contribution in [1.82, 2.24) is 9.88 Å². The topological polar surface area (TPSA) is 79.4 Å². The van der Waals surface area contributed by atoms with E-state index in [1.54, 1.807) is 6.07 Å². The average Bonchev–Trinajstić information content (AvgIpc) is 3.16. The quantitative estimate of drug-likeness (QED) is 0.576. The molecule has 2 aliphatic rings. The predicted molar refractivity (Wildman–Crippen MR) is 128 cm³/mol. The molecular formula is C23H24Cl2F3N3O3S. The van der Waals surface area contributed by atoms with Crippen LogP contribution >= 0.6 is 23.2 Å². The third-order valence-corrected chi connectivity index (χ3v) is 8.83. The number of anilines is 1. The Labute approximate surface area is 211 Å². The number of rotatable bonds is 5. The van der Waals surface area contributed by atoms with Crippen molar-refractivity contribution in [3.8, 4) is 0 Å². The van der Waals surface area contributed by atoms with Gasteiger partial charge in [0.05, 0.1) is 29.1 Å². The summed E-state index contributed by atoms with van der Waals surface area (Å²) in [6.45, 7) is 0. The summed E-state index contributed by atoms with van der Waals surface area (Å²) in [5, 5.41) is 4.40. The van der Waals surface area contributed by atoms with Crippen molar-refractivity contribution in [2.75, 3.05) is 23.9 Å². The lowest BCUT2D eigenvalue weighted by molar-refractivity contribution is -0.191. The van der Waals surface area contributed by atoms with Crippen molar-refractivity contribution in [3.63, 3.8) is 0 Å². The van der Waals surface area contributed by atoms with Crippen molar-refractivity contribution in [2.24, 2.45) is 5.92 Å². The van der Waals surface area contributed by atoms with E-state index in [0.717, 1.165) is 18.2 Å². The highest BCUT2D eigenvalue weighted by atomic mass is 35.5. The molecule has 1 aromatic carbocycles. The van der Waals surface area contributed by atoms with Gasteiger partial charge in [-0.2, -0.15) is 13.2 Å². The minimum Gasteiger partial charge on any atom is -0.380 e. The lowest BCUT2D eigenvalue weighted by Gasteiger charge is -2.33. The maximum Gasteiger partial charge on any atom is 0.414 e. The number of nitrogens with zero attached hydrogens (tertiary/aromatic N) is 2. The fraction of sp³-hybridized carbons (Fsp3) is 0.478. The van der Waals surface area contributed by atoms with Crippen molar-refractivity contribution < 1.29 is 26.4 Å². The van der Waals surface area contributed by atoms with E-state index in [2.05, 4.69) is 10.3 Å². The molecule has 12 heteroatoms. The normalized spacial score (nSPS) is 20.8. The van der Waals surface area contributed by atoms with E-state index in [4.69, 9.17) is 23.2 Å². The van der Waals surface area contributed by atoms with Crippen LogP contribution in [0.4, 0.5) is 18.9 Å². The Balaban J connectivity index is 1.46. The van der Waals surface area contributed by atoms with Gasteiger partial charge in [-0.25, -0.2) is 8.42 Å². The van der Waals surface area contributed by atoms with E-state index < -0.39 is 33.9 Å². The van der Waals surface area contributed by atoms with Crippen LogP contribution in [0.5, 0.6) is 0 Å². The third-order valence-electron chi connectivity index (χ3n) is 6.56. The SMILES string of the molecule is CN(C(=O)C1CCS(=O)(=O)CC1)[C@@H](c1ccc(NC2Cc3cc(Cl)cc(Cl)c3C2)cn1)C(F)(F)F. The number of hydrogen-bond donors (Lipinski definition) is 1. The molecule has 1 amide bonds. The van der Waals surface area contributed by atoms with Crippen LogP contribution in [0.1, 0.15) is 35.7 Å². The van der Waals surface area contributed by atoms with Gasteiger partial charge in [-0.1, -0.05) is 23.2 Å². The number of benzene rings is 1. The van der Waals surface area contributed by atoms with Crippen molar-refractivity contribution >= 4 is 44.6 Å². The summed E-state index contributed by atoms with van der Waals surface area (Å²) >= 11 is 12.3. The molecule has 6 nitrogen and oxygen atoms in total. The molecule has 0 radical (unpaired) electrons. The number of carbonyl (C=O) groups is 1. The molecule has 4 rings (SSSR count). The standard InChI is InChI=1S/C23H24Cl2F3N3O3S/c1-31(22(32)13-4-6-35(33,34)7-5-13)21(23(26,27)28)20-3-2-16(12-29-20)30-17-9-14-8-15(24)10-19(25)18(14)11-17/h2-3,8,10,12-13,17,21,30H,4-7,9,11H2,1H3/t17?,21-/m0/s1. The number of fused-ring (bicyclic) bond motifs is 1. The molecule has 1 N–H and O–H groups in total. The molecule has 1 aromatic heterocycles. The van der Waals surface area contributed by atoms with Gasteiger partial charge in [0.25, 0.3) is 0 Å². The zero-order valence-electron chi connectivity index (χ0n) is 18.8. The molecule has 1 fully saturated rings. The third kappa shape index (κ3) is 5.86. The second-order valence-electron chi connectivity index (χ2n) is 9.07. The first-order valence-electron chi connectivity index (χ1n) is 11.1. The number of halogens is 5. The van der Waals surface area contributed by atoms with E-state index in [-0.39, 0.29) is 36.1 Å². The Morgan fingerprint density at radius 2 is 1.86 bits per heavy atom. The number of alkyl halides is 3. The summed E-state index contributed by atoms with van der Waals surface area (Å²) in [5.74, 6) is -1.89. The van der Waals surface area contributed by atoms with Gasteiger partial charge in [0.1, 0.15) is 9.84 Å². The van der Waals surface area contributed by atoms with Crippen LogP contribution in [0, 0.1) is 5.92 Å². The van der Waals surface area contributed by atoms with Gasteiger partial charge in [0.2, 0.25) is 5.91 Å². The van der Waals surface area contributed by atoms with Crippen LogP contribution < -0.4 is 5.32 Å². The van der Waals surface area contributed by atoms with Crippen molar-refractivity contribution in [3.05, 3.63) is 57.3 Å². The summed E-state index contributed by atoms with van der Waals surface area (Å²) < 4.78 is 65.2. The highest BCUT2D eigenvalue weighted by molar-refractivity contribution is 7.91. The zero-order valence-corrected chi connectivity index (χ0v) is 21.1. The Morgan fingerprint density at radius 3 is 2.46 bits per heavy atom. The van der Waals surface area contributed by atoms with E-state index in [0.29, 0.717) is 33.5 Å². The maximum atomic E-state index is 14.0. The summed E-state index contributed by atoms with van der Waals surface area (Å²) in [5.41, 5.74) is 2.25. The van der Waals surface area contributed by atoms with Crippen LogP contribution in [0.25, 0.3) is 0 Å². The van der Waals surface area contributed by atoms with Gasteiger partial charge in [-0.05, 0) is 61.1 Å². The molecule has 2 aromatic rings. The summed E-state index contributed by atoms with van der Waals surface area (Å²) in [6, 6.07) is 4.04. The fourth-order valence-corrected chi connectivity index (χ4v) is 6.88. The Hall–Kier alpha value is -2.04. The molecule has 2 atom stereocenters. The fourth-order valence-electron chi connectivity index (χ4n) is 4.78. The molecule has 190 valence electrons. The van der Waals surface area contributed by atoms with E-state index >= 15 is 0 Å². The number of pyridine rings is 1. The Kier molecular flexibility index (Phi) is 7.28. The Morgan fingerprint density at radius 1 is 1.17 bits per heavy atom. The predicted octanol–water partition coefficient (Wildman–Crippen LogP) is 4.85. The molecule has 1 aliphatic heterocycles.